The van der Waals surface area contributed by atoms with Gasteiger partial charge < -0.3 is 15.4 Å². The molecule has 1 saturated heterocycles. The van der Waals surface area contributed by atoms with Crippen molar-refractivity contribution in [1.82, 2.24) is 4.90 Å². The van der Waals surface area contributed by atoms with E-state index in [0.717, 1.165) is 0 Å². The molecule has 2 N–H and O–H groups in total. The number of hydrogen-bond acceptors (Lipinski definition) is 4. The predicted octanol–water partition coefficient (Wildman–Crippen LogP) is -0.469. The van der Waals surface area contributed by atoms with Gasteiger partial charge in [0, 0.05) is 20.0 Å². The highest BCUT2D eigenvalue weighted by molar-refractivity contribution is 5.85. The number of ether oxygens (including phenoxy) is 1. The summed E-state index contributed by atoms with van der Waals surface area (Å²) in [5.74, 6) is -0.507. The number of amides is 1. The molecule has 1 rings (SSSR count). The Balaban J connectivity index is 0.00000169. The fourth-order valence-corrected chi connectivity index (χ4v) is 1.47. The maximum absolute atomic E-state index is 11.2. The smallest absolute Gasteiger partial charge is 0.327 e. The first-order valence-electron chi connectivity index (χ1n) is 4.12. The zero-order valence-corrected chi connectivity index (χ0v) is 9.10. The minimum absolute atomic E-state index is 0. The van der Waals surface area contributed by atoms with E-state index in [2.05, 4.69) is 4.74 Å². The molecule has 1 unspecified atom stereocenters. The number of hydrogen-bond donors (Lipinski definition) is 1. The Morgan fingerprint density at radius 2 is 2.07 bits per heavy atom. The normalized spacial score (nSPS) is 25.5. The van der Waals surface area contributed by atoms with Gasteiger partial charge in [-0.05, 0) is 6.42 Å². The van der Waals surface area contributed by atoms with Gasteiger partial charge in [-0.2, -0.15) is 0 Å². The van der Waals surface area contributed by atoms with Crippen molar-refractivity contribution in [3.8, 4) is 0 Å². The standard InChI is InChI=1S/C8H14N2O3.ClH/c1-6(11)10-4-3-8(9,5-10)7(12)13-2;/h3-5,9H2,1-2H3;1H. The molecule has 14 heavy (non-hydrogen) atoms. The maximum atomic E-state index is 11.2. The van der Waals surface area contributed by atoms with Crippen LogP contribution in [0.5, 0.6) is 0 Å². The summed E-state index contributed by atoms with van der Waals surface area (Å²) in [6, 6.07) is 0. The molecule has 5 nitrogen and oxygen atoms in total. The Bertz CT molecular complexity index is 247. The highest BCUT2D eigenvalue weighted by Crippen LogP contribution is 2.19. The van der Waals surface area contributed by atoms with Crippen LogP contribution in [0.4, 0.5) is 0 Å². The Kier molecular flexibility index (Phi) is 4.35. The van der Waals surface area contributed by atoms with Crippen LogP contribution in [0.3, 0.4) is 0 Å². The van der Waals surface area contributed by atoms with Gasteiger partial charge in [0.15, 0.2) is 0 Å². The fraction of sp³-hybridized carbons (Fsp3) is 0.750. The topological polar surface area (TPSA) is 72.6 Å². The van der Waals surface area contributed by atoms with Crippen molar-refractivity contribution in [2.24, 2.45) is 5.73 Å². The van der Waals surface area contributed by atoms with E-state index in [-0.39, 0.29) is 24.9 Å². The third-order valence-corrected chi connectivity index (χ3v) is 2.34. The Hall–Kier alpha value is -0.810. The minimum atomic E-state index is -1.000. The summed E-state index contributed by atoms with van der Waals surface area (Å²) in [7, 11) is 1.30. The molecule has 0 aromatic rings. The van der Waals surface area contributed by atoms with E-state index in [0.29, 0.717) is 13.0 Å². The molecule has 1 aliphatic heterocycles. The predicted molar refractivity (Wildman–Crippen MR) is 53.1 cm³/mol. The molecule has 0 spiro atoms. The lowest BCUT2D eigenvalue weighted by Gasteiger charge is -2.20. The third kappa shape index (κ3) is 2.36. The van der Waals surface area contributed by atoms with E-state index in [1.165, 1.54) is 14.0 Å². The van der Waals surface area contributed by atoms with Crippen LogP contribution in [0.15, 0.2) is 0 Å². The zero-order valence-electron chi connectivity index (χ0n) is 8.28. The first-order chi connectivity index (χ1) is 5.99. The number of nitrogens with two attached hydrogens (primary N) is 1. The van der Waals surface area contributed by atoms with Crippen molar-refractivity contribution in [3.63, 3.8) is 0 Å². The lowest BCUT2D eigenvalue weighted by Crippen LogP contribution is -2.51. The summed E-state index contributed by atoms with van der Waals surface area (Å²) in [6.07, 6.45) is 0.471. The van der Waals surface area contributed by atoms with Crippen molar-refractivity contribution in [2.75, 3.05) is 20.2 Å². The zero-order chi connectivity index (χ0) is 10.1. The van der Waals surface area contributed by atoms with E-state index in [1.807, 2.05) is 0 Å². The van der Waals surface area contributed by atoms with Gasteiger partial charge in [-0.25, -0.2) is 4.79 Å². The average molecular weight is 223 g/mol. The fourth-order valence-electron chi connectivity index (χ4n) is 1.47. The number of methoxy groups -OCH3 is 1. The van der Waals surface area contributed by atoms with Crippen LogP contribution in [0.2, 0.25) is 0 Å². The average Bonchev–Trinajstić information content (AvgIpc) is 2.48. The molecule has 0 saturated carbocycles. The van der Waals surface area contributed by atoms with Gasteiger partial charge >= 0.3 is 5.97 Å². The van der Waals surface area contributed by atoms with Crippen LogP contribution in [0.1, 0.15) is 13.3 Å². The molecule has 82 valence electrons. The first-order valence-corrected chi connectivity index (χ1v) is 4.12. The molecule has 1 heterocycles. The highest BCUT2D eigenvalue weighted by atomic mass is 35.5. The molecular weight excluding hydrogens is 208 g/mol. The van der Waals surface area contributed by atoms with Crippen LogP contribution in [0, 0.1) is 0 Å². The second kappa shape index (κ2) is 4.61. The summed E-state index contributed by atoms with van der Waals surface area (Å²) in [5.41, 5.74) is 4.77. The van der Waals surface area contributed by atoms with Crippen molar-refractivity contribution >= 4 is 24.3 Å². The number of nitrogens with zero attached hydrogens (tertiary/aromatic N) is 1. The summed E-state index contributed by atoms with van der Waals surface area (Å²) < 4.78 is 4.56. The summed E-state index contributed by atoms with van der Waals surface area (Å²) in [5, 5.41) is 0. The van der Waals surface area contributed by atoms with Crippen LogP contribution in [-0.2, 0) is 14.3 Å². The molecule has 1 amide bonds. The van der Waals surface area contributed by atoms with Crippen LogP contribution in [0.25, 0.3) is 0 Å². The summed E-state index contributed by atoms with van der Waals surface area (Å²) >= 11 is 0. The lowest BCUT2D eigenvalue weighted by molar-refractivity contribution is -0.146. The molecule has 0 aromatic carbocycles. The van der Waals surface area contributed by atoms with E-state index in [9.17, 15) is 9.59 Å². The van der Waals surface area contributed by atoms with E-state index < -0.39 is 11.5 Å². The third-order valence-electron chi connectivity index (χ3n) is 2.34. The van der Waals surface area contributed by atoms with Crippen molar-refractivity contribution in [2.45, 2.75) is 18.9 Å². The van der Waals surface area contributed by atoms with Crippen molar-refractivity contribution in [1.29, 1.82) is 0 Å². The van der Waals surface area contributed by atoms with Gasteiger partial charge in [-0.1, -0.05) is 0 Å². The monoisotopic (exact) mass is 222 g/mol. The molecule has 0 aromatic heterocycles. The van der Waals surface area contributed by atoms with Gasteiger partial charge in [0.25, 0.3) is 0 Å². The maximum Gasteiger partial charge on any atom is 0.327 e. The van der Waals surface area contributed by atoms with Gasteiger partial charge in [-0.3, -0.25) is 4.79 Å². The number of halogens is 1. The van der Waals surface area contributed by atoms with Crippen molar-refractivity contribution in [3.05, 3.63) is 0 Å². The molecule has 1 aliphatic rings. The second-order valence-corrected chi connectivity index (χ2v) is 3.34. The largest absolute Gasteiger partial charge is 0.468 e. The van der Waals surface area contributed by atoms with E-state index in [4.69, 9.17) is 5.73 Å². The lowest BCUT2D eigenvalue weighted by atomic mass is 10.0. The summed E-state index contributed by atoms with van der Waals surface area (Å²) in [4.78, 5) is 23.7. The van der Waals surface area contributed by atoms with E-state index >= 15 is 0 Å². The van der Waals surface area contributed by atoms with Crippen LogP contribution in [-0.4, -0.2) is 42.5 Å². The Labute approximate surface area is 89.0 Å². The van der Waals surface area contributed by atoms with Gasteiger partial charge in [0.05, 0.1) is 7.11 Å². The van der Waals surface area contributed by atoms with Gasteiger partial charge in [0.1, 0.15) is 5.54 Å². The minimum Gasteiger partial charge on any atom is -0.468 e. The van der Waals surface area contributed by atoms with E-state index in [1.54, 1.807) is 4.90 Å². The molecule has 0 bridgehead atoms. The number of esters is 1. The Morgan fingerprint density at radius 1 is 1.50 bits per heavy atom. The van der Waals surface area contributed by atoms with Crippen LogP contribution >= 0.6 is 12.4 Å². The number of likely N-dealkylation sites (tertiary alicyclic amines) is 1. The summed E-state index contributed by atoms with van der Waals surface area (Å²) in [6.45, 7) is 2.25. The molecule has 0 radical (unpaired) electrons. The van der Waals surface area contributed by atoms with Crippen molar-refractivity contribution < 1.29 is 14.3 Å². The quantitative estimate of drug-likeness (QED) is 0.609. The molecule has 1 fully saturated rings. The SMILES string of the molecule is COC(=O)C1(N)CCN(C(C)=O)C1.Cl. The number of carbonyl (C=O) groups is 2. The molecular formula is C8H15ClN2O3. The number of rotatable bonds is 1. The van der Waals surface area contributed by atoms with Gasteiger partial charge in [0.2, 0.25) is 5.91 Å². The van der Waals surface area contributed by atoms with Crippen LogP contribution < -0.4 is 5.73 Å². The number of carbonyl (C=O) groups excluding carboxylic acids is 2. The second-order valence-electron chi connectivity index (χ2n) is 3.34. The molecule has 6 heteroatoms. The molecule has 0 aliphatic carbocycles. The molecule has 1 atom stereocenters. The highest BCUT2D eigenvalue weighted by Gasteiger charge is 2.42. The Morgan fingerprint density at radius 3 is 2.43 bits per heavy atom. The first kappa shape index (κ1) is 13.2. The van der Waals surface area contributed by atoms with Gasteiger partial charge in [-0.15, -0.1) is 12.4 Å².